The Balaban J connectivity index is 1.26. The van der Waals surface area contributed by atoms with Crippen LogP contribution in [0.15, 0.2) is 89.4 Å². The number of ether oxygens (including phenoxy) is 1. The number of thiazole rings is 1. The minimum atomic E-state index is -0.118. The second kappa shape index (κ2) is 14.9. The summed E-state index contributed by atoms with van der Waals surface area (Å²) in [5.41, 5.74) is 7.29. The van der Waals surface area contributed by atoms with Crippen molar-refractivity contribution in [3.63, 3.8) is 0 Å². The number of fused-ring (bicyclic) bond motifs is 2. The number of aromatic amines is 1. The first-order chi connectivity index (χ1) is 23.9. The lowest BCUT2D eigenvalue weighted by molar-refractivity contribution is 0.0951. The largest absolute Gasteiger partial charge is 0.497 e. The van der Waals surface area contributed by atoms with Crippen LogP contribution in [0.25, 0.3) is 21.1 Å². The Labute approximate surface area is 300 Å². The van der Waals surface area contributed by atoms with Gasteiger partial charge in [-0.15, -0.1) is 21.5 Å². The summed E-state index contributed by atoms with van der Waals surface area (Å²) in [6, 6.07) is 28.0. The SMILES string of the molecule is COc1ccc2sc(CCc3c(CCc4ccc(Cl)cc4)c4cc(C(=O)NCc5ccccc5Br)ccc4n3CCc3nn[nH]n3)nc2c1. The summed E-state index contributed by atoms with van der Waals surface area (Å²) in [4.78, 5) is 18.5. The molecule has 12 heteroatoms. The molecule has 7 aromatic rings. The van der Waals surface area contributed by atoms with Crippen molar-refractivity contribution in [1.82, 2.24) is 35.5 Å². The zero-order valence-corrected chi connectivity index (χ0v) is 29.9. The number of benzene rings is 4. The minimum absolute atomic E-state index is 0.118. The van der Waals surface area contributed by atoms with Crippen LogP contribution in [0.1, 0.15) is 43.6 Å². The summed E-state index contributed by atoms with van der Waals surface area (Å²) in [5.74, 6) is 1.33. The molecule has 0 saturated heterocycles. The maximum atomic E-state index is 13.5. The van der Waals surface area contributed by atoms with Crippen LogP contribution in [-0.2, 0) is 45.2 Å². The number of aromatic nitrogens is 6. The standard InChI is InChI=1S/C37H33BrClN7O2S/c1-48-27-12-16-34-31(21-27)41-36(49-34)17-15-32-28(13-8-23-6-10-26(39)11-7-23)29-20-24(37(47)40-22-25-4-2-3-5-30(25)38)9-14-33(29)46(32)19-18-35-42-44-45-43-35/h2-7,9-12,14,16,20-21H,8,13,15,17-19,22H2,1H3,(H,40,47)(H,42,43,44,45). The topological polar surface area (TPSA) is 111 Å². The third-order valence-corrected chi connectivity index (χ3v) is 10.8. The number of aryl methyl sites for hydroxylation is 5. The van der Waals surface area contributed by atoms with Crippen molar-refractivity contribution >= 4 is 65.9 Å². The van der Waals surface area contributed by atoms with E-state index < -0.39 is 0 Å². The highest BCUT2D eigenvalue weighted by Crippen LogP contribution is 2.32. The van der Waals surface area contributed by atoms with Crippen molar-refractivity contribution in [1.29, 1.82) is 0 Å². The number of amides is 1. The van der Waals surface area contributed by atoms with E-state index in [0.29, 0.717) is 35.9 Å². The molecule has 0 bridgehead atoms. The zero-order chi connectivity index (χ0) is 33.7. The van der Waals surface area contributed by atoms with Gasteiger partial charge in [-0.25, -0.2) is 4.98 Å². The molecule has 3 aromatic heterocycles. The summed E-state index contributed by atoms with van der Waals surface area (Å²) in [6.07, 6.45) is 3.78. The maximum Gasteiger partial charge on any atom is 0.251 e. The van der Waals surface area contributed by atoms with Crippen molar-refractivity contribution < 1.29 is 9.53 Å². The van der Waals surface area contributed by atoms with Crippen LogP contribution in [0, 0.1) is 0 Å². The van der Waals surface area contributed by atoms with E-state index in [4.69, 9.17) is 21.3 Å². The van der Waals surface area contributed by atoms with Crippen LogP contribution in [0.4, 0.5) is 0 Å². The second-order valence-electron chi connectivity index (χ2n) is 11.7. The molecule has 1 amide bonds. The summed E-state index contributed by atoms with van der Waals surface area (Å²) in [6.45, 7) is 1.09. The molecular formula is C37H33BrClN7O2S. The number of carbonyl (C=O) groups excluding carboxylic acids is 1. The number of nitrogens with zero attached hydrogens (tertiary/aromatic N) is 5. The third kappa shape index (κ3) is 7.54. The molecule has 2 N–H and O–H groups in total. The lowest BCUT2D eigenvalue weighted by atomic mass is 9.99. The summed E-state index contributed by atoms with van der Waals surface area (Å²) < 4.78 is 9.89. The quantitative estimate of drug-likeness (QED) is 0.124. The van der Waals surface area contributed by atoms with Gasteiger partial charge in [-0.2, -0.15) is 5.21 Å². The molecular weight excluding hydrogens is 722 g/mol. The molecule has 0 radical (unpaired) electrons. The molecule has 0 unspecified atom stereocenters. The first-order valence-electron chi connectivity index (χ1n) is 16.0. The fourth-order valence-electron chi connectivity index (χ4n) is 6.19. The predicted octanol–water partition coefficient (Wildman–Crippen LogP) is 7.93. The second-order valence-corrected chi connectivity index (χ2v) is 14.1. The monoisotopic (exact) mass is 753 g/mol. The molecule has 49 heavy (non-hydrogen) atoms. The van der Waals surface area contributed by atoms with Gasteiger partial charge < -0.3 is 14.6 Å². The highest BCUT2D eigenvalue weighted by atomic mass is 79.9. The molecule has 3 heterocycles. The van der Waals surface area contributed by atoms with Crippen LogP contribution in [0.2, 0.25) is 5.02 Å². The average Bonchev–Trinajstić information content (AvgIpc) is 3.86. The Kier molecular flexibility index (Phi) is 10.0. The molecule has 0 aliphatic heterocycles. The third-order valence-electron chi connectivity index (χ3n) is 8.69. The smallest absolute Gasteiger partial charge is 0.251 e. The number of hydrogen-bond donors (Lipinski definition) is 2. The number of rotatable bonds is 13. The van der Waals surface area contributed by atoms with Gasteiger partial charge in [0, 0.05) is 63.7 Å². The Bertz CT molecular complexity index is 2230. The molecule has 9 nitrogen and oxygen atoms in total. The first-order valence-corrected chi connectivity index (χ1v) is 18.0. The predicted molar refractivity (Wildman–Crippen MR) is 198 cm³/mol. The van der Waals surface area contributed by atoms with Crippen LogP contribution in [0.5, 0.6) is 5.75 Å². The molecule has 0 saturated carbocycles. The number of H-pyrrole nitrogens is 1. The maximum absolute atomic E-state index is 13.5. The lowest BCUT2D eigenvalue weighted by Gasteiger charge is -2.12. The molecule has 0 aliphatic rings. The Morgan fingerprint density at radius 2 is 1.84 bits per heavy atom. The summed E-state index contributed by atoms with van der Waals surface area (Å²) in [7, 11) is 1.67. The number of halogens is 2. The van der Waals surface area contributed by atoms with Gasteiger partial charge in [0.25, 0.3) is 5.91 Å². The van der Waals surface area contributed by atoms with Crippen LogP contribution < -0.4 is 10.1 Å². The number of methoxy groups -OCH3 is 1. The van der Waals surface area contributed by atoms with Gasteiger partial charge in [0.05, 0.1) is 22.3 Å². The van der Waals surface area contributed by atoms with Crippen LogP contribution >= 0.6 is 38.9 Å². The van der Waals surface area contributed by atoms with Crippen molar-refractivity contribution in [3.05, 3.63) is 133 Å². The van der Waals surface area contributed by atoms with E-state index in [-0.39, 0.29) is 5.91 Å². The molecule has 248 valence electrons. The number of hydrogen-bond acceptors (Lipinski definition) is 7. The average molecular weight is 755 g/mol. The van der Waals surface area contributed by atoms with Crippen molar-refractivity contribution in [3.8, 4) is 5.75 Å². The van der Waals surface area contributed by atoms with Crippen LogP contribution in [0.3, 0.4) is 0 Å². The Morgan fingerprint density at radius 1 is 0.980 bits per heavy atom. The van der Waals surface area contributed by atoms with Crippen molar-refractivity contribution in [2.45, 2.75) is 45.2 Å². The van der Waals surface area contributed by atoms with E-state index >= 15 is 0 Å². The van der Waals surface area contributed by atoms with Crippen molar-refractivity contribution in [2.75, 3.05) is 7.11 Å². The molecule has 0 fully saturated rings. The molecule has 4 aromatic carbocycles. The number of nitrogens with one attached hydrogen (secondary N) is 2. The Hall–Kier alpha value is -4.58. The van der Waals surface area contributed by atoms with Gasteiger partial charge >= 0.3 is 0 Å². The van der Waals surface area contributed by atoms with E-state index in [1.807, 2.05) is 60.7 Å². The number of carbonyl (C=O) groups is 1. The fraction of sp³-hybridized carbons (Fsp3) is 0.216. The number of tetrazole rings is 1. The normalized spacial score (nSPS) is 11.4. The van der Waals surface area contributed by atoms with E-state index in [2.05, 4.69) is 70.7 Å². The van der Waals surface area contributed by atoms with Gasteiger partial charge in [-0.3, -0.25) is 4.79 Å². The van der Waals surface area contributed by atoms with Crippen LogP contribution in [-0.4, -0.2) is 43.2 Å². The van der Waals surface area contributed by atoms with E-state index in [1.54, 1.807) is 18.4 Å². The first kappa shape index (κ1) is 32.9. The Morgan fingerprint density at radius 3 is 2.63 bits per heavy atom. The van der Waals surface area contributed by atoms with Gasteiger partial charge in [0.15, 0.2) is 5.82 Å². The van der Waals surface area contributed by atoms with Gasteiger partial charge in [0.1, 0.15) is 5.75 Å². The van der Waals surface area contributed by atoms with Crippen molar-refractivity contribution in [2.24, 2.45) is 0 Å². The highest BCUT2D eigenvalue weighted by molar-refractivity contribution is 9.10. The van der Waals surface area contributed by atoms with E-state index in [9.17, 15) is 4.79 Å². The van der Waals surface area contributed by atoms with Gasteiger partial charge in [0.2, 0.25) is 0 Å². The fourth-order valence-corrected chi connectivity index (χ4v) is 7.69. The van der Waals surface area contributed by atoms with E-state index in [0.717, 1.165) is 67.6 Å². The molecule has 0 aliphatic carbocycles. The minimum Gasteiger partial charge on any atom is -0.497 e. The molecule has 7 rings (SSSR count). The van der Waals surface area contributed by atoms with E-state index in [1.165, 1.54) is 16.8 Å². The molecule has 0 atom stereocenters. The highest BCUT2D eigenvalue weighted by Gasteiger charge is 2.20. The van der Waals surface area contributed by atoms with Gasteiger partial charge in [-0.05, 0) is 84.5 Å². The molecule has 0 spiro atoms. The zero-order valence-electron chi connectivity index (χ0n) is 26.7. The lowest BCUT2D eigenvalue weighted by Crippen LogP contribution is -2.22. The summed E-state index contributed by atoms with van der Waals surface area (Å²) >= 11 is 11.5. The summed E-state index contributed by atoms with van der Waals surface area (Å²) in [5, 5.41) is 20.7. The van der Waals surface area contributed by atoms with Gasteiger partial charge in [-0.1, -0.05) is 63.1 Å².